The van der Waals surface area contributed by atoms with Crippen molar-refractivity contribution in [3.05, 3.63) is 42.5 Å². The van der Waals surface area contributed by atoms with Gasteiger partial charge in [0.05, 0.1) is 24.0 Å². The topological polar surface area (TPSA) is 122 Å². The van der Waals surface area contributed by atoms with Crippen LogP contribution in [0.2, 0.25) is 0 Å². The highest BCUT2D eigenvalue weighted by Crippen LogP contribution is 2.32. The summed E-state index contributed by atoms with van der Waals surface area (Å²) < 4.78 is 3.69. The molecule has 0 atom stereocenters. The van der Waals surface area contributed by atoms with E-state index in [1.165, 1.54) is 0 Å². The van der Waals surface area contributed by atoms with Gasteiger partial charge in [0.25, 0.3) is 0 Å². The Bertz CT molecular complexity index is 1340. The molecule has 0 aromatic carbocycles. The van der Waals surface area contributed by atoms with Crippen molar-refractivity contribution in [1.82, 2.24) is 40.1 Å². The van der Waals surface area contributed by atoms with Crippen molar-refractivity contribution in [2.75, 3.05) is 12.4 Å². The Balaban J connectivity index is 1.48. The van der Waals surface area contributed by atoms with Crippen molar-refractivity contribution in [2.24, 2.45) is 0 Å². The van der Waals surface area contributed by atoms with Crippen molar-refractivity contribution in [2.45, 2.75) is 57.7 Å². The lowest BCUT2D eigenvalue weighted by Crippen LogP contribution is -2.31. The number of nitrogens with zero attached hydrogens (tertiary/aromatic N) is 8. The van der Waals surface area contributed by atoms with Gasteiger partial charge in [-0.3, -0.25) is 0 Å². The van der Waals surface area contributed by atoms with E-state index < -0.39 is 0 Å². The molecule has 1 aliphatic rings. The summed E-state index contributed by atoms with van der Waals surface area (Å²) >= 11 is 0. The Morgan fingerprint density at radius 3 is 2.65 bits per heavy atom. The van der Waals surface area contributed by atoms with Crippen molar-refractivity contribution in [3.8, 4) is 23.1 Å². The van der Waals surface area contributed by atoms with Crippen LogP contribution in [0.1, 0.15) is 51.1 Å². The zero-order valence-electron chi connectivity index (χ0n) is 19.6. The predicted molar refractivity (Wildman–Crippen MR) is 130 cm³/mol. The largest absolute Gasteiger partial charge is 0.382 e. The summed E-state index contributed by atoms with van der Waals surface area (Å²) in [7, 11) is 2.03. The summed E-state index contributed by atoms with van der Waals surface area (Å²) in [6, 6.07) is 7.03. The maximum absolute atomic E-state index is 9.13. The molecule has 0 unspecified atom stereocenters. The SMILES string of the molecule is CNC1CCC(n2cc(-c3cnc(-n4ncc5cc(C#N)cnc54)cc3NC(C)C)nn2)CC1. The molecule has 5 rings (SSSR count). The quantitative estimate of drug-likeness (QED) is 0.452. The number of rotatable bonds is 6. The van der Waals surface area contributed by atoms with Gasteiger partial charge in [-0.2, -0.15) is 15.0 Å². The maximum atomic E-state index is 9.13. The smallest absolute Gasteiger partial charge is 0.164 e. The van der Waals surface area contributed by atoms with Gasteiger partial charge in [-0.15, -0.1) is 5.10 Å². The van der Waals surface area contributed by atoms with Gasteiger partial charge >= 0.3 is 0 Å². The van der Waals surface area contributed by atoms with Crippen molar-refractivity contribution in [3.63, 3.8) is 0 Å². The first-order valence-corrected chi connectivity index (χ1v) is 11.7. The van der Waals surface area contributed by atoms with Gasteiger partial charge in [-0.25, -0.2) is 14.6 Å². The molecule has 0 amide bonds. The van der Waals surface area contributed by atoms with E-state index in [1.54, 1.807) is 23.1 Å². The van der Waals surface area contributed by atoms with Gasteiger partial charge in [0.1, 0.15) is 11.8 Å². The zero-order chi connectivity index (χ0) is 23.7. The Morgan fingerprint density at radius 2 is 1.91 bits per heavy atom. The van der Waals surface area contributed by atoms with Crippen LogP contribution in [0.5, 0.6) is 0 Å². The molecule has 0 saturated heterocycles. The number of aromatic nitrogens is 7. The number of hydrogen-bond acceptors (Lipinski definition) is 8. The standard InChI is InChI=1S/C24H28N10/c1-15(2)30-21-9-23(34-24-17(12-29-34)8-16(10-25)11-28-24)27-13-20(21)22-14-33(32-31-22)19-6-4-18(26-3)5-7-19/h8-9,11-15,18-19,26H,4-7H2,1-3H3,(H,27,30). The van der Waals surface area contributed by atoms with Crippen LogP contribution in [-0.4, -0.2) is 53.9 Å². The molecular formula is C24H28N10. The molecule has 4 aromatic heterocycles. The molecular weight excluding hydrogens is 428 g/mol. The zero-order valence-corrected chi connectivity index (χ0v) is 19.6. The van der Waals surface area contributed by atoms with E-state index in [4.69, 9.17) is 5.26 Å². The Kier molecular flexibility index (Phi) is 5.94. The molecule has 4 heterocycles. The molecule has 0 radical (unpaired) electrons. The van der Waals surface area contributed by atoms with Crippen LogP contribution in [0, 0.1) is 11.3 Å². The first-order valence-electron chi connectivity index (χ1n) is 11.7. The molecule has 4 aromatic rings. The van der Waals surface area contributed by atoms with E-state index in [9.17, 15) is 0 Å². The van der Waals surface area contributed by atoms with Crippen LogP contribution in [-0.2, 0) is 0 Å². The minimum absolute atomic E-state index is 0.214. The molecule has 1 aliphatic carbocycles. The van der Waals surface area contributed by atoms with Crippen molar-refractivity contribution in [1.29, 1.82) is 5.26 Å². The minimum Gasteiger partial charge on any atom is -0.382 e. The number of nitrogens with one attached hydrogen (secondary N) is 2. The Hall–Kier alpha value is -3.84. The summed E-state index contributed by atoms with van der Waals surface area (Å²) in [5.41, 5.74) is 3.74. The summed E-state index contributed by atoms with van der Waals surface area (Å²) in [6.07, 6.45) is 11.6. The molecule has 2 N–H and O–H groups in total. The third-order valence-corrected chi connectivity index (χ3v) is 6.35. The highest BCUT2D eigenvalue weighted by atomic mass is 15.4. The van der Waals surface area contributed by atoms with Gasteiger partial charge < -0.3 is 10.6 Å². The van der Waals surface area contributed by atoms with Crippen LogP contribution in [0.3, 0.4) is 0 Å². The van der Waals surface area contributed by atoms with Gasteiger partial charge in [0.2, 0.25) is 0 Å². The van der Waals surface area contributed by atoms with Crippen LogP contribution >= 0.6 is 0 Å². The summed E-state index contributed by atoms with van der Waals surface area (Å²) in [6.45, 7) is 4.18. The lowest BCUT2D eigenvalue weighted by molar-refractivity contribution is 0.281. The number of nitriles is 1. The predicted octanol–water partition coefficient (Wildman–Crippen LogP) is 3.47. The van der Waals surface area contributed by atoms with Crippen LogP contribution in [0.4, 0.5) is 5.69 Å². The Morgan fingerprint density at radius 1 is 1.09 bits per heavy atom. The maximum Gasteiger partial charge on any atom is 0.164 e. The average molecular weight is 457 g/mol. The van der Waals surface area contributed by atoms with Gasteiger partial charge in [-0.05, 0) is 52.6 Å². The van der Waals surface area contributed by atoms with Crippen LogP contribution in [0.25, 0.3) is 28.1 Å². The fourth-order valence-corrected chi connectivity index (χ4v) is 4.55. The number of fused-ring (bicyclic) bond motifs is 1. The van der Waals surface area contributed by atoms with Crippen LogP contribution in [0.15, 0.2) is 36.9 Å². The lowest BCUT2D eigenvalue weighted by atomic mass is 9.91. The van der Waals surface area contributed by atoms with E-state index in [1.807, 2.05) is 30.2 Å². The number of anilines is 1. The van der Waals surface area contributed by atoms with E-state index in [2.05, 4.69) is 55.9 Å². The highest BCUT2D eigenvalue weighted by molar-refractivity contribution is 5.79. The van der Waals surface area contributed by atoms with Gasteiger partial charge in [0.15, 0.2) is 11.5 Å². The third kappa shape index (κ3) is 4.22. The van der Waals surface area contributed by atoms with E-state index in [0.29, 0.717) is 29.1 Å². The summed E-state index contributed by atoms with van der Waals surface area (Å²) in [4.78, 5) is 9.08. The fourth-order valence-electron chi connectivity index (χ4n) is 4.55. The molecule has 174 valence electrons. The number of hydrogen-bond donors (Lipinski definition) is 2. The average Bonchev–Trinajstić information content (AvgIpc) is 3.51. The molecule has 1 saturated carbocycles. The monoisotopic (exact) mass is 456 g/mol. The Labute approximate surface area is 198 Å². The first-order chi connectivity index (χ1) is 16.6. The second kappa shape index (κ2) is 9.19. The molecule has 0 spiro atoms. The van der Waals surface area contributed by atoms with E-state index >= 15 is 0 Å². The van der Waals surface area contributed by atoms with Crippen molar-refractivity contribution >= 4 is 16.7 Å². The molecule has 10 nitrogen and oxygen atoms in total. The fraction of sp³-hybridized carbons (Fsp3) is 0.417. The second-order valence-electron chi connectivity index (χ2n) is 9.07. The van der Waals surface area contributed by atoms with Gasteiger partial charge in [-0.1, -0.05) is 5.21 Å². The second-order valence-corrected chi connectivity index (χ2v) is 9.07. The third-order valence-electron chi connectivity index (χ3n) is 6.35. The highest BCUT2D eigenvalue weighted by Gasteiger charge is 2.23. The molecule has 34 heavy (non-hydrogen) atoms. The number of pyridine rings is 2. The summed E-state index contributed by atoms with van der Waals surface area (Å²) in [5, 5.41) is 30.2. The summed E-state index contributed by atoms with van der Waals surface area (Å²) in [5.74, 6) is 0.636. The van der Waals surface area contributed by atoms with Crippen LogP contribution < -0.4 is 10.6 Å². The first kappa shape index (κ1) is 22.0. The lowest BCUT2D eigenvalue weighted by Gasteiger charge is -2.27. The molecule has 0 bridgehead atoms. The van der Waals surface area contributed by atoms with Crippen molar-refractivity contribution < 1.29 is 0 Å². The molecule has 1 fully saturated rings. The van der Waals surface area contributed by atoms with E-state index in [0.717, 1.165) is 48.0 Å². The normalized spacial score (nSPS) is 18.3. The molecule has 0 aliphatic heterocycles. The minimum atomic E-state index is 0.214. The van der Waals surface area contributed by atoms with Gasteiger partial charge in [0, 0.05) is 47.2 Å². The molecule has 10 heteroatoms. The van der Waals surface area contributed by atoms with E-state index in [-0.39, 0.29) is 6.04 Å².